The van der Waals surface area contributed by atoms with Crippen molar-refractivity contribution in [2.75, 3.05) is 20.6 Å². The van der Waals surface area contributed by atoms with E-state index in [-0.39, 0.29) is 6.04 Å². The maximum Gasteiger partial charge on any atom is 0.416 e. The summed E-state index contributed by atoms with van der Waals surface area (Å²) < 4.78 is 38.1. The molecule has 0 aliphatic carbocycles. The molecule has 0 saturated heterocycles. The van der Waals surface area contributed by atoms with E-state index in [1.165, 1.54) is 12.1 Å². The van der Waals surface area contributed by atoms with Gasteiger partial charge in [0.2, 0.25) is 0 Å². The fourth-order valence-corrected chi connectivity index (χ4v) is 1.79. The molecule has 1 rings (SSSR count). The van der Waals surface area contributed by atoms with Gasteiger partial charge in [0.1, 0.15) is 0 Å². The standard InChI is InChI=1S/C14H21F3N2/c1-10(2)19(4)9-13(18-3)11-6-5-7-12(8-11)14(15,16)17/h5-8,10,13,18H,9H2,1-4H3. The van der Waals surface area contributed by atoms with Gasteiger partial charge < -0.3 is 10.2 Å². The predicted molar refractivity (Wildman–Crippen MR) is 71.0 cm³/mol. The van der Waals surface area contributed by atoms with Gasteiger partial charge in [0.05, 0.1) is 5.56 Å². The average molecular weight is 274 g/mol. The van der Waals surface area contributed by atoms with Crippen LogP contribution in [-0.2, 0) is 6.18 Å². The lowest BCUT2D eigenvalue weighted by Gasteiger charge is -2.27. The molecular formula is C14H21F3N2. The van der Waals surface area contributed by atoms with Crippen molar-refractivity contribution in [2.45, 2.75) is 32.1 Å². The van der Waals surface area contributed by atoms with Gasteiger partial charge in [-0.3, -0.25) is 0 Å². The molecule has 0 radical (unpaired) electrons. The zero-order chi connectivity index (χ0) is 14.6. The van der Waals surface area contributed by atoms with E-state index in [0.717, 1.165) is 6.07 Å². The molecular weight excluding hydrogens is 253 g/mol. The van der Waals surface area contributed by atoms with Crippen LogP contribution in [0.15, 0.2) is 24.3 Å². The second kappa shape index (κ2) is 6.39. The normalized spacial score (nSPS) is 14.2. The predicted octanol–water partition coefficient (Wildman–Crippen LogP) is 3.31. The van der Waals surface area contributed by atoms with Gasteiger partial charge in [-0.1, -0.05) is 12.1 Å². The lowest BCUT2D eigenvalue weighted by molar-refractivity contribution is -0.137. The third-order valence-corrected chi connectivity index (χ3v) is 3.32. The zero-order valence-electron chi connectivity index (χ0n) is 11.8. The van der Waals surface area contributed by atoms with Crippen molar-refractivity contribution in [3.05, 3.63) is 35.4 Å². The number of likely N-dealkylation sites (N-methyl/N-ethyl adjacent to an activating group) is 2. The summed E-state index contributed by atoms with van der Waals surface area (Å²) in [6.45, 7) is 4.77. The highest BCUT2D eigenvalue weighted by Gasteiger charge is 2.31. The Morgan fingerprint density at radius 1 is 1.26 bits per heavy atom. The van der Waals surface area contributed by atoms with E-state index in [2.05, 4.69) is 24.1 Å². The molecule has 0 amide bonds. The highest BCUT2D eigenvalue weighted by Crippen LogP contribution is 2.30. The number of alkyl halides is 3. The number of nitrogens with zero attached hydrogens (tertiary/aromatic N) is 1. The Hall–Kier alpha value is -1.07. The number of hydrogen-bond donors (Lipinski definition) is 1. The van der Waals surface area contributed by atoms with E-state index in [4.69, 9.17) is 0 Å². The first-order chi connectivity index (χ1) is 8.75. The topological polar surface area (TPSA) is 15.3 Å². The average Bonchev–Trinajstić information content (AvgIpc) is 2.34. The maximum absolute atomic E-state index is 12.7. The number of hydrogen-bond acceptors (Lipinski definition) is 2. The summed E-state index contributed by atoms with van der Waals surface area (Å²) in [6.07, 6.45) is -4.29. The van der Waals surface area contributed by atoms with Gasteiger partial charge in [-0.25, -0.2) is 0 Å². The Bertz CT molecular complexity index is 402. The molecule has 1 N–H and O–H groups in total. The lowest BCUT2D eigenvalue weighted by atomic mass is 10.0. The molecule has 1 atom stereocenters. The third kappa shape index (κ3) is 4.51. The largest absolute Gasteiger partial charge is 0.416 e. The Balaban J connectivity index is 2.93. The van der Waals surface area contributed by atoms with Gasteiger partial charge in [0.25, 0.3) is 0 Å². The molecule has 5 heteroatoms. The first-order valence-corrected chi connectivity index (χ1v) is 6.30. The molecule has 0 spiro atoms. The van der Waals surface area contributed by atoms with Gasteiger partial charge in [-0.05, 0) is 45.6 Å². The molecule has 1 unspecified atom stereocenters. The minimum absolute atomic E-state index is 0.116. The summed E-state index contributed by atoms with van der Waals surface area (Å²) in [7, 11) is 3.72. The van der Waals surface area contributed by atoms with E-state index in [1.807, 2.05) is 7.05 Å². The lowest BCUT2D eigenvalue weighted by Crippen LogP contribution is -2.35. The molecule has 0 fully saturated rings. The van der Waals surface area contributed by atoms with Crippen molar-refractivity contribution in [2.24, 2.45) is 0 Å². The van der Waals surface area contributed by atoms with Gasteiger partial charge in [-0.15, -0.1) is 0 Å². The number of nitrogens with one attached hydrogen (secondary N) is 1. The van der Waals surface area contributed by atoms with E-state index in [0.29, 0.717) is 18.2 Å². The van der Waals surface area contributed by atoms with Crippen molar-refractivity contribution in [1.82, 2.24) is 10.2 Å². The monoisotopic (exact) mass is 274 g/mol. The minimum Gasteiger partial charge on any atom is -0.312 e. The fraction of sp³-hybridized carbons (Fsp3) is 0.571. The van der Waals surface area contributed by atoms with Crippen molar-refractivity contribution in [3.63, 3.8) is 0 Å². The Morgan fingerprint density at radius 3 is 2.37 bits per heavy atom. The van der Waals surface area contributed by atoms with Gasteiger partial charge in [0, 0.05) is 18.6 Å². The van der Waals surface area contributed by atoms with Gasteiger partial charge in [-0.2, -0.15) is 13.2 Å². The molecule has 0 aliphatic heterocycles. The first kappa shape index (κ1) is 16.0. The summed E-state index contributed by atoms with van der Waals surface area (Å²) in [6, 6.07) is 5.73. The summed E-state index contributed by atoms with van der Waals surface area (Å²) in [5, 5.41) is 3.07. The van der Waals surface area contributed by atoms with E-state index < -0.39 is 11.7 Å². The van der Waals surface area contributed by atoms with E-state index in [9.17, 15) is 13.2 Å². The van der Waals surface area contributed by atoms with Crippen LogP contribution in [0.2, 0.25) is 0 Å². The SMILES string of the molecule is CNC(CN(C)C(C)C)c1cccc(C(F)(F)F)c1. The first-order valence-electron chi connectivity index (χ1n) is 6.30. The Kier molecular flexibility index (Phi) is 5.38. The van der Waals surface area contributed by atoms with Crippen LogP contribution >= 0.6 is 0 Å². The van der Waals surface area contributed by atoms with Crippen LogP contribution in [0.1, 0.15) is 31.0 Å². The highest BCUT2D eigenvalue weighted by molar-refractivity contribution is 5.28. The third-order valence-electron chi connectivity index (χ3n) is 3.32. The van der Waals surface area contributed by atoms with Crippen LogP contribution in [-0.4, -0.2) is 31.6 Å². The minimum atomic E-state index is -4.29. The molecule has 108 valence electrons. The summed E-state index contributed by atoms with van der Waals surface area (Å²) in [5.74, 6) is 0. The smallest absolute Gasteiger partial charge is 0.312 e. The highest BCUT2D eigenvalue weighted by atomic mass is 19.4. The molecule has 0 bridgehead atoms. The summed E-state index contributed by atoms with van der Waals surface area (Å²) in [5.41, 5.74) is 0.0577. The Labute approximate surface area is 112 Å². The Morgan fingerprint density at radius 2 is 1.89 bits per heavy atom. The van der Waals surface area contributed by atoms with Crippen molar-refractivity contribution < 1.29 is 13.2 Å². The maximum atomic E-state index is 12.7. The fourth-order valence-electron chi connectivity index (χ4n) is 1.79. The molecule has 0 saturated carbocycles. The molecule has 0 aromatic heterocycles. The van der Waals surface area contributed by atoms with Crippen molar-refractivity contribution in [1.29, 1.82) is 0 Å². The molecule has 1 aromatic rings. The van der Waals surface area contributed by atoms with Crippen LogP contribution < -0.4 is 5.32 Å². The molecule has 0 heterocycles. The molecule has 19 heavy (non-hydrogen) atoms. The molecule has 0 aliphatic rings. The van der Waals surface area contributed by atoms with E-state index >= 15 is 0 Å². The van der Waals surface area contributed by atoms with Crippen molar-refractivity contribution >= 4 is 0 Å². The van der Waals surface area contributed by atoms with Crippen LogP contribution in [0, 0.1) is 0 Å². The van der Waals surface area contributed by atoms with Crippen LogP contribution in [0.5, 0.6) is 0 Å². The number of rotatable bonds is 5. The number of benzene rings is 1. The van der Waals surface area contributed by atoms with Gasteiger partial charge >= 0.3 is 6.18 Å². The molecule has 1 aromatic carbocycles. The second-order valence-corrected chi connectivity index (χ2v) is 5.00. The quantitative estimate of drug-likeness (QED) is 0.886. The van der Waals surface area contributed by atoms with Crippen molar-refractivity contribution in [3.8, 4) is 0 Å². The second-order valence-electron chi connectivity index (χ2n) is 5.00. The van der Waals surface area contributed by atoms with Crippen LogP contribution in [0.4, 0.5) is 13.2 Å². The summed E-state index contributed by atoms with van der Waals surface area (Å²) >= 11 is 0. The van der Waals surface area contributed by atoms with E-state index in [1.54, 1.807) is 13.1 Å². The van der Waals surface area contributed by atoms with Crippen LogP contribution in [0.25, 0.3) is 0 Å². The van der Waals surface area contributed by atoms with Gasteiger partial charge in [0.15, 0.2) is 0 Å². The summed E-state index contributed by atoms with van der Waals surface area (Å²) in [4.78, 5) is 2.10. The molecule has 2 nitrogen and oxygen atoms in total. The van der Waals surface area contributed by atoms with Crippen LogP contribution in [0.3, 0.4) is 0 Å². The number of halogens is 3. The zero-order valence-corrected chi connectivity index (χ0v) is 11.8.